The Hall–Kier alpha value is -1.62. The lowest BCUT2D eigenvalue weighted by molar-refractivity contribution is -0.161. The molecule has 0 radical (unpaired) electrons. The van der Waals surface area contributed by atoms with Crippen LogP contribution in [0.3, 0.4) is 0 Å². The number of esters is 2. The van der Waals surface area contributed by atoms with E-state index in [0.717, 1.165) is 5.57 Å². The van der Waals surface area contributed by atoms with Crippen molar-refractivity contribution in [2.45, 2.75) is 52.2 Å². The zero-order valence-electron chi connectivity index (χ0n) is 13.1. The summed E-state index contributed by atoms with van der Waals surface area (Å²) in [5.74, 6) is -0.912. The number of hydrogen-bond donors (Lipinski definition) is 1. The summed E-state index contributed by atoms with van der Waals surface area (Å²) in [6, 6.07) is 0. The number of carbonyl (C=O) groups is 2. The fourth-order valence-corrected chi connectivity index (χ4v) is 2.52. The lowest BCUT2D eigenvalue weighted by Crippen LogP contribution is -2.49. The fraction of sp³-hybridized carbons (Fsp3) is 0.625. The van der Waals surface area contributed by atoms with E-state index in [0.29, 0.717) is 18.4 Å². The van der Waals surface area contributed by atoms with E-state index in [1.54, 1.807) is 13.8 Å². The van der Waals surface area contributed by atoms with E-state index in [1.807, 2.05) is 6.92 Å². The Kier molecular flexibility index (Phi) is 5.72. The first kappa shape index (κ1) is 17.4. The first-order chi connectivity index (χ1) is 9.68. The van der Waals surface area contributed by atoms with Gasteiger partial charge in [0.15, 0.2) is 0 Å². The SMILES string of the molecule is C=C(C)[C@@H]1C/C(=C/C(=O)OCC)[C@](C)(O)[C@H](OC(C)=O)C1. The van der Waals surface area contributed by atoms with Gasteiger partial charge >= 0.3 is 11.9 Å². The standard InChI is InChI=1S/C16H24O5/c1-6-20-15(18)9-13-7-12(10(2)3)8-14(16(13,5)19)21-11(4)17/h9,12,14,19H,2,6-8H2,1,3-5H3/b13-9-/t12-,14-,16+/m1/s1. The normalized spacial score (nSPS) is 30.8. The molecule has 0 aromatic heterocycles. The molecule has 1 N–H and O–H groups in total. The molecular weight excluding hydrogens is 272 g/mol. The number of carbonyl (C=O) groups excluding carboxylic acids is 2. The van der Waals surface area contributed by atoms with Gasteiger partial charge in [0.2, 0.25) is 0 Å². The third kappa shape index (κ3) is 4.43. The molecule has 0 amide bonds. The molecule has 118 valence electrons. The first-order valence-corrected chi connectivity index (χ1v) is 7.11. The second kappa shape index (κ2) is 6.89. The highest BCUT2D eigenvalue weighted by atomic mass is 16.6. The van der Waals surface area contributed by atoms with Crippen LogP contribution in [-0.4, -0.2) is 35.4 Å². The molecule has 3 atom stereocenters. The van der Waals surface area contributed by atoms with Crippen LogP contribution < -0.4 is 0 Å². The number of rotatable bonds is 4. The summed E-state index contributed by atoms with van der Waals surface area (Å²) in [6.45, 7) is 10.6. The largest absolute Gasteiger partial charge is 0.463 e. The Morgan fingerprint density at radius 2 is 2.10 bits per heavy atom. The molecule has 0 spiro atoms. The maximum atomic E-state index is 11.7. The van der Waals surface area contributed by atoms with Gasteiger partial charge in [-0.25, -0.2) is 4.79 Å². The third-order valence-corrected chi connectivity index (χ3v) is 3.83. The van der Waals surface area contributed by atoms with Crippen LogP contribution in [0, 0.1) is 5.92 Å². The summed E-state index contributed by atoms with van der Waals surface area (Å²) in [6.07, 6.45) is 1.59. The molecular formula is C16H24O5. The molecule has 0 aromatic rings. The van der Waals surface area contributed by atoms with Gasteiger partial charge in [-0.3, -0.25) is 4.79 Å². The van der Waals surface area contributed by atoms with Crippen molar-refractivity contribution in [3.8, 4) is 0 Å². The van der Waals surface area contributed by atoms with Crippen molar-refractivity contribution in [2.24, 2.45) is 5.92 Å². The van der Waals surface area contributed by atoms with Crippen LogP contribution >= 0.6 is 0 Å². The molecule has 5 nitrogen and oxygen atoms in total. The Balaban J connectivity index is 3.10. The topological polar surface area (TPSA) is 72.8 Å². The lowest BCUT2D eigenvalue weighted by atomic mass is 9.71. The maximum absolute atomic E-state index is 11.7. The molecule has 1 saturated carbocycles. The minimum Gasteiger partial charge on any atom is -0.463 e. The second-order valence-electron chi connectivity index (χ2n) is 5.65. The van der Waals surface area contributed by atoms with E-state index in [-0.39, 0.29) is 12.5 Å². The van der Waals surface area contributed by atoms with Gasteiger partial charge in [-0.1, -0.05) is 12.2 Å². The molecule has 1 aliphatic rings. The van der Waals surface area contributed by atoms with Crippen LogP contribution in [0.1, 0.15) is 40.5 Å². The van der Waals surface area contributed by atoms with E-state index in [9.17, 15) is 14.7 Å². The molecule has 0 unspecified atom stereocenters. The Morgan fingerprint density at radius 3 is 2.57 bits per heavy atom. The van der Waals surface area contributed by atoms with Crippen LogP contribution in [0.15, 0.2) is 23.8 Å². The van der Waals surface area contributed by atoms with E-state index in [4.69, 9.17) is 9.47 Å². The van der Waals surface area contributed by atoms with Crippen LogP contribution in [0.2, 0.25) is 0 Å². The van der Waals surface area contributed by atoms with Crippen molar-refractivity contribution < 1.29 is 24.2 Å². The van der Waals surface area contributed by atoms with Crippen LogP contribution in [0.5, 0.6) is 0 Å². The number of allylic oxidation sites excluding steroid dienone is 1. The molecule has 0 saturated heterocycles. The number of hydrogen-bond acceptors (Lipinski definition) is 5. The Morgan fingerprint density at radius 1 is 1.48 bits per heavy atom. The van der Waals surface area contributed by atoms with Crippen molar-refractivity contribution in [1.29, 1.82) is 0 Å². The summed E-state index contributed by atoms with van der Waals surface area (Å²) >= 11 is 0. The van der Waals surface area contributed by atoms with Crippen molar-refractivity contribution >= 4 is 11.9 Å². The summed E-state index contributed by atoms with van der Waals surface area (Å²) < 4.78 is 10.1. The van der Waals surface area contributed by atoms with Crippen molar-refractivity contribution in [3.05, 3.63) is 23.8 Å². The van der Waals surface area contributed by atoms with E-state index in [1.165, 1.54) is 13.0 Å². The lowest BCUT2D eigenvalue weighted by Gasteiger charge is -2.42. The predicted molar refractivity (Wildman–Crippen MR) is 78.4 cm³/mol. The van der Waals surface area contributed by atoms with Crippen LogP contribution in [0.4, 0.5) is 0 Å². The summed E-state index contributed by atoms with van der Waals surface area (Å²) in [7, 11) is 0. The highest BCUT2D eigenvalue weighted by Crippen LogP contribution is 2.40. The van der Waals surface area contributed by atoms with Gasteiger partial charge in [0, 0.05) is 13.0 Å². The van der Waals surface area contributed by atoms with E-state index < -0.39 is 23.6 Å². The van der Waals surface area contributed by atoms with Crippen LogP contribution in [0.25, 0.3) is 0 Å². The van der Waals surface area contributed by atoms with Crippen molar-refractivity contribution in [3.63, 3.8) is 0 Å². The monoisotopic (exact) mass is 296 g/mol. The molecule has 0 heterocycles. The molecule has 0 bridgehead atoms. The molecule has 1 fully saturated rings. The minimum atomic E-state index is -1.38. The van der Waals surface area contributed by atoms with E-state index >= 15 is 0 Å². The average Bonchev–Trinajstić information content (AvgIpc) is 2.33. The average molecular weight is 296 g/mol. The zero-order valence-corrected chi connectivity index (χ0v) is 13.1. The molecule has 5 heteroatoms. The quantitative estimate of drug-likeness (QED) is 0.489. The minimum absolute atomic E-state index is 0.0512. The summed E-state index contributed by atoms with van der Waals surface area (Å²) in [4.78, 5) is 22.9. The van der Waals surface area contributed by atoms with Gasteiger partial charge in [-0.05, 0) is 45.1 Å². The fourth-order valence-electron chi connectivity index (χ4n) is 2.52. The van der Waals surface area contributed by atoms with Gasteiger partial charge in [-0.15, -0.1) is 0 Å². The van der Waals surface area contributed by atoms with Crippen molar-refractivity contribution in [1.82, 2.24) is 0 Å². The van der Waals surface area contributed by atoms with Gasteiger partial charge < -0.3 is 14.6 Å². The summed E-state index contributed by atoms with van der Waals surface area (Å²) in [5, 5.41) is 10.7. The Labute approximate surface area is 125 Å². The maximum Gasteiger partial charge on any atom is 0.330 e. The first-order valence-electron chi connectivity index (χ1n) is 7.11. The Bertz CT molecular complexity index is 461. The molecule has 0 aromatic carbocycles. The van der Waals surface area contributed by atoms with Gasteiger partial charge in [0.1, 0.15) is 11.7 Å². The number of ether oxygens (including phenoxy) is 2. The van der Waals surface area contributed by atoms with Gasteiger partial charge in [0.25, 0.3) is 0 Å². The van der Waals surface area contributed by atoms with E-state index in [2.05, 4.69) is 6.58 Å². The highest BCUT2D eigenvalue weighted by Gasteiger charge is 2.44. The van der Waals surface area contributed by atoms with Gasteiger partial charge in [-0.2, -0.15) is 0 Å². The second-order valence-corrected chi connectivity index (χ2v) is 5.65. The molecule has 1 rings (SSSR count). The zero-order chi connectivity index (χ0) is 16.2. The predicted octanol–water partition coefficient (Wildman–Crippen LogP) is 2.14. The molecule has 1 aliphatic carbocycles. The highest BCUT2D eigenvalue weighted by molar-refractivity contribution is 5.83. The number of aliphatic hydroxyl groups is 1. The molecule has 21 heavy (non-hydrogen) atoms. The smallest absolute Gasteiger partial charge is 0.330 e. The van der Waals surface area contributed by atoms with Crippen molar-refractivity contribution in [2.75, 3.05) is 6.61 Å². The summed E-state index contributed by atoms with van der Waals surface area (Å²) in [5.41, 5.74) is 0.0496. The third-order valence-electron chi connectivity index (χ3n) is 3.83. The molecule has 0 aliphatic heterocycles. The van der Waals surface area contributed by atoms with Crippen LogP contribution in [-0.2, 0) is 19.1 Å². The van der Waals surface area contributed by atoms with Gasteiger partial charge in [0.05, 0.1) is 6.61 Å².